The highest BCUT2D eigenvalue weighted by atomic mass is 16.3. The van der Waals surface area contributed by atoms with Gasteiger partial charge in [0.1, 0.15) is 5.75 Å². The van der Waals surface area contributed by atoms with E-state index in [9.17, 15) is 5.11 Å². The Morgan fingerprint density at radius 1 is 0.209 bits per heavy atom. The minimum Gasteiger partial charge on any atom is -0.508 e. The van der Waals surface area contributed by atoms with E-state index >= 15 is 0 Å². The number of rotatable bonds is 59. The van der Waals surface area contributed by atoms with Gasteiger partial charge in [0.05, 0.1) is 0 Å². The van der Waals surface area contributed by atoms with Crippen molar-refractivity contribution >= 4 is 0 Å². The van der Waals surface area contributed by atoms with Crippen LogP contribution in [0.1, 0.15) is 385 Å². The zero-order valence-corrected chi connectivity index (χ0v) is 46.5. The van der Waals surface area contributed by atoms with Crippen molar-refractivity contribution in [3.8, 4) is 5.75 Å². The summed E-state index contributed by atoms with van der Waals surface area (Å²) in [6, 6.07) is 7.81. The number of benzene rings is 1. The fourth-order valence-electron chi connectivity index (χ4n) is 11.0. The zero-order valence-electron chi connectivity index (χ0n) is 46.5. The number of aromatic hydroxyl groups is 1. The van der Waals surface area contributed by atoms with Crippen LogP contribution >= 0.6 is 0 Å². The van der Waals surface area contributed by atoms with Crippen molar-refractivity contribution in [3.05, 3.63) is 29.8 Å². The van der Waals surface area contributed by atoms with E-state index in [2.05, 4.69) is 13.0 Å². The van der Waals surface area contributed by atoms with Crippen molar-refractivity contribution in [2.45, 2.75) is 386 Å². The predicted molar refractivity (Wildman–Crippen MR) is 305 cm³/mol. The van der Waals surface area contributed by atoms with E-state index in [1.54, 1.807) is 0 Å². The Labute approximate surface area is 424 Å². The summed E-state index contributed by atoms with van der Waals surface area (Å²) in [6.07, 6.45) is 86.3. The van der Waals surface area contributed by atoms with Gasteiger partial charge in [0.15, 0.2) is 0 Å². The van der Waals surface area contributed by atoms with E-state index in [1.165, 1.54) is 372 Å². The Bertz CT molecular complexity index is 1010. The van der Waals surface area contributed by atoms with Crippen LogP contribution in [0.3, 0.4) is 0 Å². The average Bonchev–Trinajstić information content (AvgIpc) is 3.34. The lowest BCUT2D eigenvalue weighted by molar-refractivity contribution is 0.465. The molecular weight excluding hydrogens is 809 g/mol. The van der Waals surface area contributed by atoms with Crippen molar-refractivity contribution in [1.82, 2.24) is 0 Å². The lowest BCUT2D eigenvalue weighted by Gasteiger charge is -2.05. The first-order valence-corrected chi connectivity index (χ1v) is 32.1. The summed E-state index contributed by atoms with van der Waals surface area (Å²) in [7, 11) is 0. The number of phenols is 1. The number of phenolic OH excluding ortho intramolecular Hbond substituents is 1. The molecule has 0 radical (unpaired) electrons. The first-order valence-electron chi connectivity index (χ1n) is 32.1. The molecule has 1 aromatic rings. The summed E-state index contributed by atoms with van der Waals surface area (Å²) in [6.45, 7) is 2.31. The summed E-state index contributed by atoms with van der Waals surface area (Å²) < 4.78 is 0. The molecule has 0 aliphatic rings. The maximum absolute atomic E-state index is 9.88. The van der Waals surface area contributed by atoms with Gasteiger partial charge >= 0.3 is 0 Å². The summed E-state index contributed by atoms with van der Waals surface area (Å²) in [4.78, 5) is 0. The van der Waals surface area contributed by atoms with Crippen LogP contribution in [0.5, 0.6) is 5.75 Å². The van der Waals surface area contributed by atoms with E-state index < -0.39 is 0 Å². The van der Waals surface area contributed by atoms with Crippen LogP contribution in [0, 0.1) is 0 Å². The van der Waals surface area contributed by atoms with Gasteiger partial charge in [0.2, 0.25) is 0 Å². The van der Waals surface area contributed by atoms with Crippen molar-refractivity contribution in [3.63, 3.8) is 0 Å². The summed E-state index contributed by atoms with van der Waals surface area (Å²) in [5.41, 5.74) is 1.11. The van der Waals surface area contributed by atoms with Crippen LogP contribution in [0.4, 0.5) is 0 Å². The summed E-state index contributed by atoms with van der Waals surface area (Å²) in [5, 5.41) is 9.88. The molecule has 0 atom stereocenters. The molecule has 1 rings (SSSR count). The fourth-order valence-corrected chi connectivity index (χ4v) is 11.0. The molecule has 0 amide bonds. The fraction of sp³-hybridized carbons (Fsp3) is 0.909. The van der Waals surface area contributed by atoms with Gasteiger partial charge in [-0.15, -0.1) is 0 Å². The number of unbranched alkanes of at least 4 members (excludes halogenated alkanes) is 57. The van der Waals surface area contributed by atoms with E-state index in [-0.39, 0.29) is 0 Å². The molecule has 1 aromatic carbocycles. The summed E-state index contributed by atoms with van der Waals surface area (Å²) in [5.74, 6) is 0.468. The lowest BCUT2D eigenvalue weighted by Crippen LogP contribution is -1.87. The first kappa shape index (κ1) is 64.0. The number of hydrogen-bond donors (Lipinski definition) is 1. The monoisotopic (exact) mass is 935 g/mol. The molecule has 1 N–H and O–H groups in total. The quantitative estimate of drug-likeness (QED) is 0.0646. The van der Waals surface area contributed by atoms with E-state index in [0.717, 1.165) is 12.0 Å². The number of para-hydroxylation sites is 1. The molecule has 0 bridgehead atoms. The van der Waals surface area contributed by atoms with E-state index in [1.807, 2.05) is 18.2 Å². The van der Waals surface area contributed by atoms with Crippen LogP contribution in [-0.2, 0) is 6.42 Å². The largest absolute Gasteiger partial charge is 0.508 e. The topological polar surface area (TPSA) is 20.2 Å². The predicted octanol–water partition coefficient (Wildman–Crippen LogP) is 24.6. The zero-order chi connectivity index (χ0) is 47.7. The van der Waals surface area contributed by atoms with Gasteiger partial charge in [0, 0.05) is 0 Å². The normalized spacial score (nSPS) is 11.7. The molecule has 0 saturated carbocycles. The minimum absolute atomic E-state index is 0.468. The molecule has 0 saturated heterocycles. The third-order valence-corrected chi connectivity index (χ3v) is 15.8. The Balaban J connectivity index is 1.59. The SMILES string of the molecule is CCCCCCCCCCCCCCCCCCCCCCCCCCCCCCCCCCCCCCCCCCCCCCCCCCCCCCCCCCCCc1ccccc1O. The molecule has 67 heavy (non-hydrogen) atoms. The van der Waals surface area contributed by atoms with Crippen molar-refractivity contribution in [2.24, 2.45) is 0 Å². The molecular formula is C66H126O. The Hall–Kier alpha value is -0.980. The number of hydrogen-bond acceptors (Lipinski definition) is 1. The van der Waals surface area contributed by atoms with Crippen molar-refractivity contribution < 1.29 is 5.11 Å². The molecule has 1 nitrogen and oxygen atoms in total. The highest BCUT2D eigenvalue weighted by Crippen LogP contribution is 2.21. The summed E-state index contributed by atoms with van der Waals surface area (Å²) >= 11 is 0. The third kappa shape index (κ3) is 52.7. The van der Waals surface area contributed by atoms with E-state index in [0.29, 0.717) is 5.75 Å². The standard InChI is InChI=1S/C66H126O/c1-2-3-4-5-6-7-8-9-10-11-12-13-14-15-16-17-18-19-20-21-22-23-24-25-26-27-28-29-30-31-32-33-34-35-36-37-38-39-40-41-42-43-44-45-46-47-48-49-50-51-52-53-54-55-56-57-58-59-62-65-63-60-61-64-66(65)67/h60-61,63-64,67H,2-59,62H2,1H3. The van der Waals surface area contributed by atoms with Gasteiger partial charge < -0.3 is 5.11 Å². The van der Waals surface area contributed by atoms with Crippen molar-refractivity contribution in [2.75, 3.05) is 0 Å². The van der Waals surface area contributed by atoms with Crippen LogP contribution in [0.15, 0.2) is 24.3 Å². The van der Waals surface area contributed by atoms with Crippen LogP contribution in [0.25, 0.3) is 0 Å². The van der Waals surface area contributed by atoms with E-state index in [4.69, 9.17) is 0 Å². The lowest BCUT2D eigenvalue weighted by atomic mass is 10.0. The van der Waals surface area contributed by atoms with Gasteiger partial charge in [-0.2, -0.15) is 0 Å². The van der Waals surface area contributed by atoms with Crippen LogP contribution < -0.4 is 0 Å². The second kappa shape index (κ2) is 57.6. The second-order valence-electron chi connectivity index (χ2n) is 22.5. The molecule has 0 heterocycles. The molecule has 0 fully saturated rings. The second-order valence-corrected chi connectivity index (χ2v) is 22.5. The third-order valence-electron chi connectivity index (χ3n) is 15.8. The van der Waals surface area contributed by atoms with Gasteiger partial charge in [-0.05, 0) is 24.5 Å². The van der Waals surface area contributed by atoms with Crippen LogP contribution in [0.2, 0.25) is 0 Å². The molecule has 0 aromatic heterocycles. The molecule has 0 aliphatic carbocycles. The maximum Gasteiger partial charge on any atom is 0.118 e. The maximum atomic E-state index is 9.88. The van der Waals surface area contributed by atoms with Gasteiger partial charge in [0.25, 0.3) is 0 Å². The van der Waals surface area contributed by atoms with Crippen LogP contribution in [-0.4, -0.2) is 5.11 Å². The Kier molecular flexibility index (Phi) is 55.0. The smallest absolute Gasteiger partial charge is 0.118 e. The molecule has 0 unspecified atom stereocenters. The van der Waals surface area contributed by atoms with Gasteiger partial charge in [-0.1, -0.05) is 391 Å². The van der Waals surface area contributed by atoms with Crippen molar-refractivity contribution in [1.29, 1.82) is 0 Å². The minimum atomic E-state index is 0.468. The first-order chi connectivity index (χ1) is 33.3. The number of aryl methyl sites for hydroxylation is 1. The highest BCUT2D eigenvalue weighted by molar-refractivity contribution is 5.31. The molecule has 0 spiro atoms. The average molecular weight is 936 g/mol. The molecule has 1 heteroatoms. The molecule has 396 valence electrons. The Morgan fingerprint density at radius 2 is 0.358 bits per heavy atom. The van der Waals surface area contributed by atoms with Gasteiger partial charge in [-0.25, -0.2) is 0 Å². The molecule has 0 aliphatic heterocycles. The highest BCUT2D eigenvalue weighted by Gasteiger charge is 2.02. The Morgan fingerprint density at radius 3 is 0.522 bits per heavy atom. The van der Waals surface area contributed by atoms with Gasteiger partial charge in [-0.3, -0.25) is 0 Å².